The summed E-state index contributed by atoms with van der Waals surface area (Å²) < 4.78 is 3.53. The predicted octanol–water partition coefficient (Wildman–Crippen LogP) is 3.31. The molecule has 140 valence electrons. The molecule has 2 aromatic heterocycles. The lowest BCUT2D eigenvalue weighted by molar-refractivity contribution is 0.687. The molecular formula is C21H16N8. The molecule has 0 unspecified atom stereocenters. The van der Waals surface area contributed by atoms with Gasteiger partial charge in [0.1, 0.15) is 12.4 Å². The van der Waals surface area contributed by atoms with E-state index in [9.17, 15) is 5.26 Å². The molecule has 0 aliphatic rings. The largest absolute Gasteiger partial charge is 0.323 e. The fourth-order valence-corrected chi connectivity index (χ4v) is 2.91. The highest BCUT2D eigenvalue weighted by Crippen LogP contribution is 2.21. The Morgan fingerprint density at radius 1 is 1.00 bits per heavy atom. The number of nitrogens with zero attached hydrogens (tertiary/aromatic N) is 7. The molecule has 8 nitrogen and oxygen atoms in total. The quantitative estimate of drug-likeness (QED) is 0.569. The van der Waals surface area contributed by atoms with Gasteiger partial charge in [-0.1, -0.05) is 12.1 Å². The summed E-state index contributed by atoms with van der Waals surface area (Å²) in [5.74, 6) is 0.439. The van der Waals surface area contributed by atoms with Gasteiger partial charge in [-0.15, -0.1) is 5.10 Å². The van der Waals surface area contributed by atoms with Crippen LogP contribution in [0.3, 0.4) is 0 Å². The molecular weight excluding hydrogens is 364 g/mol. The van der Waals surface area contributed by atoms with E-state index < -0.39 is 0 Å². The number of imidazole rings is 1. The zero-order valence-electron chi connectivity index (χ0n) is 15.6. The molecule has 8 heteroatoms. The Kier molecular flexibility index (Phi) is 4.75. The first-order chi connectivity index (χ1) is 14.1. The molecule has 4 rings (SSSR count). The molecule has 0 bridgehead atoms. The summed E-state index contributed by atoms with van der Waals surface area (Å²) >= 11 is 0. The van der Waals surface area contributed by atoms with E-state index in [2.05, 4.69) is 32.5 Å². The number of nitrogens with one attached hydrogen (secondary N) is 1. The minimum Gasteiger partial charge on any atom is -0.323 e. The van der Waals surface area contributed by atoms with Gasteiger partial charge >= 0.3 is 0 Å². The van der Waals surface area contributed by atoms with Gasteiger partial charge in [-0.25, -0.2) is 14.6 Å². The summed E-state index contributed by atoms with van der Waals surface area (Å²) in [6.45, 7) is 2.45. The summed E-state index contributed by atoms with van der Waals surface area (Å²) in [5, 5.41) is 25.9. The third kappa shape index (κ3) is 3.97. The predicted molar refractivity (Wildman–Crippen MR) is 107 cm³/mol. The van der Waals surface area contributed by atoms with Crippen molar-refractivity contribution in [1.29, 1.82) is 10.5 Å². The van der Waals surface area contributed by atoms with Crippen molar-refractivity contribution in [3.63, 3.8) is 0 Å². The van der Waals surface area contributed by atoms with E-state index in [1.165, 1.54) is 0 Å². The van der Waals surface area contributed by atoms with Crippen molar-refractivity contribution in [2.75, 3.05) is 5.32 Å². The zero-order valence-corrected chi connectivity index (χ0v) is 15.6. The van der Waals surface area contributed by atoms with Crippen LogP contribution < -0.4 is 5.32 Å². The van der Waals surface area contributed by atoms with Gasteiger partial charge in [-0.05, 0) is 42.8 Å². The molecule has 0 spiro atoms. The van der Waals surface area contributed by atoms with E-state index >= 15 is 0 Å². The van der Waals surface area contributed by atoms with E-state index in [1.54, 1.807) is 35.5 Å². The molecule has 0 saturated heterocycles. The van der Waals surface area contributed by atoms with Gasteiger partial charge in [0.15, 0.2) is 0 Å². The Hall–Kier alpha value is -4.43. The number of nitriles is 2. The molecule has 0 aliphatic carbocycles. The fraction of sp³-hybridized carbons (Fsp3) is 0.0952. The first-order valence-corrected chi connectivity index (χ1v) is 8.85. The van der Waals surface area contributed by atoms with Gasteiger partial charge in [0.25, 0.3) is 0 Å². The molecule has 0 atom stereocenters. The topological polar surface area (TPSA) is 108 Å². The number of rotatable bonds is 5. The molecule has 0 amide bonds. The maximum atomic E-state index is 9.52. The van der Waals surface area contributed by atoms with Crippen LogP contribution >= 0.6 is 0 Å². The van der Waals surface area contributed by atoms with Crippen LogP contribution in [0.4, 0.5) is 11.6 Å². The molecule has 1 N–H and O–H groups in total. The summed E-state index contributed by atoms with van der Waals surface area (Å²) in [5.41, 5.74) is 4.53. The summed E-state index contributed by atoms with van der Waals surface area (Å²) in [6.07, 6.45) is 5.19. The van der Waals surface area contributed by atoms with Crippen LogP contribution in [0.25, 0.3) is 5.69 Å². The zero-order chi connectivity index (χ0) is 20.2. The van der Waals surface area contributed by atoms with Crippen molar-refractivity contribution >= 4 is 11.6 Å². The monoisotopic (exact) mass is 380 g/mol. The van der Waals surface area contributed by atoms with E-state index in [0.717, 1.165) is 22.6 Å². The molecule has 2 heterocycles. The lowest BCUT2D eigenvalue weighted by atomic mass is 10.1. The maximum absolute atomic E-state index is 9.52. The van der Waals surface area contributed by atoms with Crippen LogP contribution in [-0.4, -0.2) is 24.3 Å². The minimum atomic E-state index is 0.439. The van der Waals surface area contributed by atoms with Crippen LogP contribution in [0.1, 0.15) is 22.4 Å². The number of aryl methyl sites for hydroxylation is 1. The van der Waals surface area contributed by atoms with E-state index in [0.29, 0.717) is 23.6 Å². The van der Waals surface area contributed by atoms with Gasteiger partial charge in [0, 0.05) is 11.9 Å². The van der Waals surface area contributed by atoms with Gasteiger partial charge < -0.3 is 9.88 Å². The van der Waals surface area contributed by atoms with Crippen LogP contribution in [0.15, 0.2) is 61.3 Å². The second-order valence-corrected chi connectivity index (χ2v) is 6.47. The maximum Gasteiger partial charge on any atom is 0.246 e. The van der Waals surface area contributed by atoms with E-state index in [4.69, 9.17) is 5.26 Å². The number of hydrogen-bond donors (Lipinski definition) is 1. The summed E-state index contributed by atoms with van der Waals surface area (Å²) in [4.78, 5) is 8.48. The lowest BCUT2D eigenvalue weighted by Crippen LogP contribution is -2.02. The molecule has 0 fully saturated rings. The van der Waals surface area contributed by atoms with E-state index in [-0.39, 0.29) is 0 Å². The first-order valence-electron chi connectivity index (χ1n) is 8.85. The second-order valence-electron chi connectivity index (χ2n) is 6.47. The first kappa shape index (κ1) is 18.0. The van der Waals surface area contributed by atoms with Crippen molar-refractivity contribution in [3.8, 4) is 17.8 Å². The van der Waals surface area contributed by atoms with Crippen LogP contribution in [0.2, 0.25) is 0 Å². The van der Waals surface area contributed by atoms with Crippen molar-refractivity contribution < 1.29 is 0 Å². The minimum absolute atomic E-state index is 0.439. The van der Waals surface area contributed by atoms with Crippen molar-refractivity contribution in [2.45, 2.75) is 13.5 Å². The third-order valence-corrected chi connectivity index (χ3v) is 4.33. The molecule has 4 aromatic rings. The second kappa shape index (κ2) is 7.67. The molecule has 2 aromatic carbocycles. The average molecular weight is 380 g/mol. The summed E-state index contributed by atoms with van der Waals surface area (Å²) in [6, 6.07) is 17.1. The van der Waals surface area contributed by atoms with Crippen LogP contribution in [-0.2, 0) is 6.54 Å². The van der Waals surface area contributed by atoms with Crippen LogP contribution in [0, 0.1) is 29.6 Å². The van der Waals surface area contributed by atoms with Crippen molar-refractivity contribution in [1.82, 2.24) is 24.3 Å². The standard InChI is InChI=1S/C21H16N8/c1-15-11-28(13-24-15)20-7-6-19(8-18(20)10-23)26-21-25-14-29(27-21)12-17-4-2-16(9-22)3-5-17/h2-8,11,13-14H,12H2,1H3,(H,26,27). The van der Waals surface area contributed by atoms with Gasteiger partial charge in [-0.2, -0.15) is 10.5 Å². The molecule has 29 heavy (non-hydrogen) atoms. The van der Waals surface area contributed by atoms with Gasteiger partial charge in [-0.3, -0.25) is 0 Å². The third-order valence-electron chi connectivity index (χ3n) is 4.33. The van der Waals surface area contributed by atoms with E-state index in [1.807, 2.05) is 42.0 Å². The molecule has 0 saturated carbocycles. The van der Waals surface area contributed by atoms with Crippen LogP contribution in [0.5, 0.6) is 0 Å². The Morgan fingerprint density at radius 3 is 2.52 bits per heavy atom. The number of benzene rings is 2. The molecule has 0 radical (unpaired) electrons. The highest BCUT2D eigenvalue weighted by Gasteiger charge is 2.08. The van der Waals surface area contributed by atoms with Crippen molar-refractivity contribution in [2.24, 2.45) is 0 Å². The Bertz CT molecular complexity index is 1230. The normalized spacial score (nSPS) is 10.3. The average Bonchev–Trinajstić information content (AvgIpc) is 3.37. The Balaban J connectivity index is 1.49. The van der Waals surface area contributed by atoms with Gasteiger partial charge in [0.2, 0.25) is 5.95 Å². The molecule has 0 aliphatic heterocycles. The lowest BCUT2D eigenvalue weighted by Gasteiger charge is -2.08. The number of hydrogen-bond acceptors (Lipinski definition) is 6. The fourth-order valence-electron chi connectivity index (χ4n) is 2.91. The smallest absolute Gasteiger partial charge is 0.246 e. The Labute approximate surface area is 167 Å². The SMILES string of the molecule is Cc1cn(-c2ccc(Nc3ncn(Cc4ccc(C#N)cc4)n3)cc2C#N)cn1. The highest BCUT2D eigenvalue weighted by molar-refractivity contribution is 5.62. The summed E-state index contributed by atoms with van der Waals surface area (Å²) in [7, 11) is 0. The Morgan fingerprint density at radius 2 is 1.83 bits per heavy atom. The van der Waals surface area contributed by atoms with Crippen molar-refractivity contribution in [3.05, 3.63) is 83.7 Å². The number of aromatic nitrogens is 5. The highest BCUT2D eigenvalue weighted by atomic mass is 15.4. The van der Waals surface area contributed by atoms with Gasteiger partial charge in [0.05, 0.1) is 41.4 Å². The number of anilines is 2.